The number of amides is 1. The Hall–Kier alpha value is -2.09. The quantitative estimate of drug-likeness (QED) is 0.351. The van der Waals surface area contributed by atoms with Gasteiger partial charge in [-0.15, -0.1) is 11.8 Å². The van der Waals surface area contributed by atoms with Crippen LogP contribution in [0.15, 0.2) is 23.1 Å². The zero-order chi connectivity index (χ0) is 19.3. The molecule has 0 bridgehead atoms. The predicted octanol–water partition coefficient (Wildman–Crippen LogP) is 3.41. The van der Waals surface area contributed by atoms with Gasteiger partial charge in [0.2, 0.25) is 0 Å². The maximum Gasteiger partial charge on any atom is 0.338 e. The van der Waals surface area contributed by atoms with Crippen LogP contribution in [-0.2, 0) is 9.53 Å². The van der Waals surface area contributed by atoms with Crippen LogP contribution in [0.1, 0.15) is 43.5 Å². The summed E-state index contributed by atoms with van der Waals surface area (Å²) in [6, 6.07) is 4.23. The summed E-state index contributed by atoms with van der Waals surface area (Å²) in [5, 5.41) is 14.0. The number of nitro groups is 1. The normalized spacial score (nSPS) is 22.5. The zero-order valence-corrected chi connectivity index (χ0v) is 16.0. The molecule has 0 spiro atoms. The third-order valence-electron chi connectivity index (χ3n) is 5.00. The monoisotopic (exact) mass is 380 g/mol. The van der Waals surface area contributed by atoms with Crippen molar-refractivity contribution in [3.05, 3.63) is 33.9 Å². The minimum Gasteiger partial charge on any atom is -0.452 e. The van der Waals surface area contributed by atoms with Gasteiger partial charge >= 0.3 is 5.97 Å². The minimum atomic E-state index is -0.749. The minimum absolute atomic E-state index is 0.0574. The summed E-state index contributed by atoms with van der Waals surface area (Å²) < 4.78 is 5.02. The number of nitrogens with one attached hydrogen (secondary N) is 1. The SMILES string of the molecule is CSc1ccc(C(=O)OCC(=O)N[C@H]2CCC[C@H](C)[C@H]2C)cc1[N+](=O)[O-]. The van der Waals surface area contributed by atoms with Gasteiger partial charge in [-0.25, -0.2) is 4.79 Å². The van der Waals surface area contributed by atoms with Gasteiger partial charge in [0, 0.05) is 12.1 Å². The van der Waals surface area contributed by atoms with Crippen LogP contribution in [0.2, 0.25) is 0 Å². The topological polar surface area (TPSA) is 98.5 Å². The van der Waals surface area contributed by atoms with Gasteiger partial charge in [-0.05, 0) is 36.6 Å². The molecule has 0 aromatic heterocycles. The standard InChI is InChI=1S/C18H24N2O5S/c1-11-5-4-6-14(12(11)2)19-17(21)10-25-18(22)13-7-8-16(26-3)15(9-13)20(23)24/h7-9,11-12,14H,4-6,10H2,1-3H3,(H,19,21)/t11-,12+,14-/m0/s1. The molecule has 1 aromatic carbocycles. The smallest absolute Gasteiger partial charge is 0.338 e. The first-order chi connectivity index (χ1) is 12.3. The van der Waals surface area contributed by atoms with Crippen molar-refractivity contribution in [1.82, 2.24) is 5.32 Å². The summed E-state index contributed by atoms with van der Waals surface area (Å²) in [6.07, 6.45) is 4.88. The summed E-state index contributed by atoms with van der Waals surface area (Å²) in [6.45, 7) is 3.90. The fourth-order valence-corrected chi connectivity index (χ4v) is 3.75. The number of thioether (sulfide) groups is 1. The van der Waals surface area contributed by atoms with Gasteiger partial charge in [0.15, 0.2) is 6.61 Å². The van der Waals surface area contributed by atoms with Crippen LogP contribution >= 0.6 is 11.8 Å². The van der Waals surface area contributed by atoms with E-state index < -0.39 is 17.5 Å². The summed E-state index contributed by atoms with van der Waals surface area (Å²) in [7, 11) is 0. The molecule has 1 N–H and O–H groups in total. The number of nitrogens with zero attached hydrogens (tertiary/aromatic N) is 1. The van der Waals surface area contributed by atoms with Crippen molar-refractivity contribution in [3.8, 4) is 0 Å². The van der Waals surface area contributed by atoms with Crippen LogP contribution in [0.25, 0.3) is 0 Å². The zero-order valence-electron chi connectivity index (χ0n) is 15.2. The Balaban J connectivity index is 1.93. The first kappa shape index (κ1) is 20.2. The van der Waals surface area contributed by atoms with Crippen molar-refractivity contribution in [2.75, 3.05) is 12.9 Å². The Bertz CT molecular complexity index is 694. The van der Waals surface area contributed by atoms with Crippen molar-refractivity contribution in [2.24, 2.45) is 11.8 Å². The van der Waals surface area contributed by atoms with E-state index in [1.54, 1.807) is 6.26 Å². The Kier molecular flexibility index (Phi) is 7.02. The largest absolute Gasteiger partial charge is 0.452 e. The number of hydrogen-bond acceptors (Lipinski definition) is 6. The second-order valence-corrected chi connectivity index (χ2v) is 7.51. The molecule has 0 radical (unpaired) electrons. The van der Waals surface area contributed by atoms with Crippen LogP contribution in [0, 0.1) is 22.0 Å². The molecule has 3 atom stereocenters. The first-order valence-corrected chi connectivity index (χ1v) is 9.85. The second-order valence-electron chi connectivity index (χ2n) is 6.66. The van der Waals surface area contributed by atoms with Gasteiger partial charge in [0.1, 0.15) is 0 Å². The summed E-state index contributed by atoms with van der Waals surface area (Å²) in [5.74, 6) is -0.169. The number of rotatable bonds is 6. The van der Waals surface area contributed by atoms with E-state index in [0.717, 1.165) is 19.3 Å². The molecule has 0 saturated heterocycles. The third kappa shape index (κ3) is 4.97. The molecule has 2 rings (SSSR count). The van der Waals surface area contributed by atoms with Gasteiger partial charge in [-0.3, -0.25) is 14.9 Å². The molecule has 26 heavy (non-hydrogen) atoms. The average Bonchev–Trinajstić information content (AvgIpc) is 2.62. The lowest BCUT2D eigenvalue weighted by Crippen LogP contribution is -2.45. The lowest BCUT2D eigenvalue weighted by atomic mass is 9.78. The Labute approximate surface area is 157 Å². The second kappa shape index (κ2) is 9.02. The molecule has 1 aromatic rings. The highest BCUT2D eigenvalue weighted by Gasteiger charge is 2.28. The predicted molar refractivity (Wildman–Crippen MR) is 99.3 cm³/mol. The highest BCUT2D eigenvalue weighted by Crippen LogP contribution is 2.30. The van der Waals surface area contributed by atoms with Gasteiger partial charge in [0.25, 0.3) is 11.6 Å². The number of ether oxygens (including phenoxy) is 1. The molecule has 7 nitrogen and oxygen atoms in total. The molecule has 0 heterocycles. The number of nitro benzene ring substituents is 1. The fourth-order valence-electron chi connectivity index (χ4n) is 3.21. The molecule has 1 amide bonds. The first-order valence-electron chi connectivity index (χ1n) is 8.62. The van der Waals surface area contributed by atoms with E-state index >= 15 is 0 Å². The van der Waals surface area contributed by atoms with Crippen molar-refractivity contribution >= 4 is 29.3 Å². The highest BCUT2D eigenvalue weighted by atomic mass is 32.2. The fraction of sp³-hybridized carbons (Fsp3) is 0.556. The van der Waals surface area contributed by atoms with Gasteiger partial charge in [-0.1, -0.05) is 26.7 Å². The molecule has 8 heteroatoms. The third-order valence-corrected chi connectivity index (χ3v) is 5.78. The van der Waals surface area contributed by atoms with Gasteiger partial charge < -0.3 is 10.1 Å². The van der Waals surface area contributed by atoms with Crippen molar-refractivity contribution < 1.29 is 19.2 Å². The van der Waals surface area contributed by atoms with Crippen molar-refractivity contribution in [1.29, 1.82) is 0 Å². The molecule has 0 unspecified atom stereocenters. The molecule has 1 aliphatic rings. The maximum absolute atomic E-state index is 12.1. The maximum atomic E-state index is 12.1. The lowest BCUT2D eigenvalue weighted by molar-refractivity contribution is -0.387. The molecular weight excluding hydrogens is 356 g/mol. The Morgan fingerprint density at radius 3 is 2.73 bits per heavy atom. The van der Waals surface area contributed by atoms with E-state index in [-0.39, 0.29) is 23.2 Å². The molecule has 142 valence electrons. The molecular formula is C18H24N2O5S. The highest BCUT2D eigenvalue weighted by molar-refractivity contribution is 7.98. The number of carbonyl (C=O) groups excluding carboxylic acids is 2. The number of esters is 1. The lowest BCUT2D eigenvalue weighted by Gasteiger charge is -2.34. The van der Waals surface area contributed by atoms with Crippen LogP contribution in [0.4, 0.5) is 5.69 Å². The molecule has 1 aliphatic carbocycles. The van der Waals surface area contributed by atoms with Gasteiger partial charge in [0.05, 0.1) is 15.4 Å². The van der Waals surface area contributed by atoms with E-state index in [2.05, 4.69) is 19.2 Å². The van der Waals surface area contributed by atoms with E-state index in [0.29, 0.717) is 16.7 Å². The average molecular weight is 380 g/mol. The number of carbonyl (C=O) groups is 2. The summed E-state index contributed by atoms with van der Waals surface area (Å²) in [5.41, 5.74) is -0.0941. The van der Waals surface area contributed by atoms with E-state index in [4.69, 9.17) is 4.74 Å². The summed E-state index contributed by atoms with van der Waals surface area (Å²) >= 11 is 1.22. The van der Waals surface area contributed by atoms with E-state index in [1.165, 1.54) is 30.0 Å². The molecule has 0 aliphatic heterocycles. The summed E-state index contributed by atoms with van der Waals surface area (Å²) in [4.78, 5) is 35.2. The van der Waals surface area contributed by atoms with Crippen LogP contribution < -0.4 is 5.32 Å². The van der Waals surface area contributed by atoms with Crippen molar-refractivity contribution in [2.45, 2.75) is 44.0 Å². The molecule has 1 fully saturated rings. The Morgan fingerprint density at radius 2 is 2.08 bits per heavy atom. The van der Waals surface area contributed by atoms with Crippen LogP contribution in [-0.4, -0.2) is 35.7 Å². The number of hydrogen-bond donors (Lipinski definition) is 1. The van der Waals surface area contributed by atoms with E-state index in [1.807, 2.05) is 0 Å². The number of benzene rings is 1. The molecule has 1 saturated carbocycles. The van der Waals surface area contributed by atoms with Crippen molar-refractivity contribution in [3.63, 3.8) is 0 Å². The Morgan fingerprint density at radius 1 is 1.35 bits per heavy atom. The van der Waals surface area contributed by atoms with E-state index in [9.17, 15) is 19.7 Å². The van der Waals surface area contributed by atoms with Gasteiger partial charge in [-0.2, -0.15) is 0 Å². The van der Waals surface area contributed by atoms with Crippen LogP contribution in [0.5, 0.6) is 0 Å². The van der Waals surface area contributed by atoms with Crippen LogP contribution in [0.3, 0.4) is 0 Å².